The smallest absolute Gasteiger partial charge is 0.300 e. The van der Waals surface area contributed by atoms with Gasteiger partial charge in [0.1, 0.15) is 12.4 Å². The normalized spacial score (nSPS) is 10.4. The van der Waals surface area contributed by atoms with Gasteiger partial charge < -0.3 is 19.3 Å². The molecular formula is C14H20O5. The van der Waals surface area contributed by atoms with Crippen LogP contribution in [-0.2, 0) is 14.3 Å². The van der Waals surface area contributed by atoms with Crippen molar-refractivity contribution in [2.24, 2.45) is 0 Å². The molecule has 0 atom stereocenters. The second-order valence-corrected chi connectivity index (χ2v) is 3.89. The summed E-state index contributed by atoms with van der Waals surface area (Å²) in [6.45, 7) is 6.35. The summed E-state index contributed by atoms with van der Waals surface area (Å²) in [6.07, 6.45) is 0. The van der Waals surface area contributed by atoms with Gasteiger partial charge in [-0.2, -0.15) is 0 Å². The van der Waals surface area contributed by atoms with Crippen molar-refractivity contribution in [3.63, 3.8) is 0 Å². The number of carbonyl (C=O) groups is 1. The molecule has 0 fully saturated rings. The van der Waals surface area contributed by atoms with Crippen LogP contribution >= 0.6 is 0 Å². The standard InChI is InChI=1S/C12H16O3.C2H4O2/c1-2-13-5-6-14-7-8-15-12-9-10-3-4-11(10)12;1-2(3)4/h3-4,9H,2,5-8H2,1H3;1H3,(H,3,4). The molecule has 0 heterocycles. The van der Waals surface area contributed by atoms with Gasteiger partial charge in [-0.05, 0) is 18.2 Å². The summed E-state index contributed by atoms with van der Waals surface area (Å²) in [5, 5.41) is 9.98. The minimum absolute atomic E-state index is 0.614. The third kappa shape index (κ3) is 5.72. The first kappa shape index (κ1) is 15.5. The van der Waals surface area contributed by atoms with E-state index in [2.05, 4.69) is 18.2 Å². The van der Waals surface area contributed by atoms with E-state index < -0.39 is 5.97 Å². The van der Waals surface area contributed by atoms with Crippen LogP contribution in [0.25, 0.3) is 0 Å². The van der Waals surface area contributed by atoms with E-state index in [0.29, 0.717) is 26.4 Å². The van der Waals surface area contributed by atoms with Crippen LogP contribution in [0.1, 0.15) is 13.8 Å². The van der Waals surface area contributed by atoms with Gasteiger partial charge in [-0.1, -0.05) is 12.1 Å². The Labute approximate surface area is 112 Å². The van der Waals surface area contributed by atoms with Gasteiger partial charge in [-0.15, -0.1) is 0 Å². The van der Waals surface area contributed by atoms with Crippen molar-refractivity contribution in [2.75, 3.05) is 33.0 Å². The fraction of sp³-hybridized carbons (Fsp3) is 0.500. The van der Waals surface area contributed by atoms with Crippen molar-refractivity contribution in [1.82, 2.24) is 0 Å². The Morgan fingerprint density at radius 3 is 2.26 bits per heavy atom. The zero-order chi connectivity index (χ0) is 14.1. The fourth-order valence-corrected chi connectivity index (χ4v) is 1.45. The van der Waals surface area contributed by atoms with E-state index in [9.17, 15) is 0 Å². The molecule has 19 heavy (non-hydrogen) atoms. The van der Waals surface area contributed by atoms with Gasteiger partial charge in [-0.25, -0.2) is 0 Å². The Kier molecular flexibility index (Phi) is 6.92. The van der Waals surface area contributed by atoms with Crippen LogP contribution in [-0.4, -0.2) is 44.1 Å². The Morgan fingerprint density at radius 1 is 1.16 bits per heavy atom. The first-order valence-electron chi connectivity index (χ1n) is 6.27. The third-order valence-corrected chi connectivity index (χ3v) is 2.35. The van der Waals surface area contributed by atoms with E-state index in [1.54, 1.807) is 0 Å². The molecule has 0 radical (unpaired) electrons. The van der Waals surface area contributed by atoms with Crippen molar-refractivity contribution < 1.29 is 24.1 Å². The van der Waals surface area contributed by atoms with Crippen LogP contribution in [0.5, 0.6) is 5.75 Å². The zero-order valence-electron chi connectivity index (χ0n) is 11.3. The molecule has 2 aliphatic carbocycles. The zero-order valence-corrected chi connectivity index (χ0v) is 11.3. The third-order valence-electron chi connectivity index (χ3n) is 2.35. The average molecular weight is 268 g/mol. The lowest BCUT2D eigenvalue weighted by Gasteiger charge is -2.12. The summed E-state index contributed by atoms with van der Waals surface area (Å²) >= 11 is 0. The lowest BCUT2D eigenvalue weighted by atomic mass is 10.1. The van der Waals surface area contributed by atoms with Crippen LogP contribution in [0.4, 0.5) is 0 Å². The molecule has 0 aromatic heterocycles. The summed E-state index contributed by atoms with van der Waals surface area (Å²) in [6, 6.07) is 6.21. The molecule has 0 amide bonds. The van der Waals surface area contributed by atoms with Crippen molar-refractivity contribution in [1.29, 1.82) is 0 Å². The van der Waals surface area contributed by atoms with Crippen LogP contribution in [0.2, 0.25) is 0 Å². The number of carboxylic acids is 1. The largest absolute Gasteiger partial charge is 0.491 e. The molecule has 5 nitrogen and oxygen atoms in total. The molecule has 0 unspecified atom stereocenters. The summed E-state index contributed by atoms with van der Waals surface area (Å²) < 4.78 is 16.0. The summed E-state index contributed by atoms with van der Waals surface area (Å²) in [5.74, 6) is 0.168. The number of hydrogen-bond acceptors (Lipinski definition) is 4. The van der Waals surface area contributed by atoms with Crippen molar-refractivity contribution >= 4 is 5.97 Å². The highest BCUT2D eigenvalue weighted by Gasteiger charge is 2.05. The molecule has 0 saturated carbocycles. The number of carboxylic acid groups (broad SMARTS) is 1. The second kappa shape index (κ2) is 8.50. The van der Waals surface area contributed by atoms with E-state index >= 15 is 0 Å². The molecule has 106 valence electrons. The first-order valence-corrected chi connectivity index (χ1v) is 6.27. The molecule has 0 saturated heterocycles. The first-order chi connectivity index (χ1) is 9.15. The van der Waals surface area contributed by atoms with Crippen molar-refractivity contribution in [3.05, 3.63) is 28.6 Å². The number of benzene rings is 1. The van der Waals surface area contributed by atoms with Crippen molar-refractivity contribution in [3.8, 4) is 5.75 Å². The van der Waals surface area contributed by atoms with Gasteiger partial charge in [0.15, 0.2) is 0 Å². The van der Waals surface area contributed by atoms with E-state index in [4.69, 9.17) is 24.1 Å². The fourth-order valence-electron chi connectivity index (χ4n) is 1.45. The monoisotopic (exact) mass is 268 g/mol. The number of ether oxygens (including phenoxy) is 3. The Bertz CT molecular complexity index is 479. The highest BCUT2D eigenvalue weighted by molar-refractivity contribution is 5.62. The molecule has 2 aliphatic rings. The number of hydrogen-bond donors (Lipinski definition) is 1. The molecule has 0 aliphatic heterocycles. The minimum Gasteiger partial charge on any atom is -0.491 e. The molecule has 2 rings (SSSR count). The second-order valence-electron chi connectivity index (χ2n) is 3.89. The predicted octanol–water partition coefficient (Wildman–Crippen LogP) is 1.81. The predicted molar refractivity (Wildman–Crippen MR) is 70.2 cm³/mol. The average Bonchev–Trinajstić information content (AvgIpc) is 2.32. The highest BCUT2D eigenvalue weighted by atomic mass is 16.5. The van der Waals surface area contributed by atoms with Gasteiger partial charge in [0.05, 0.1) is 19.8 Å². The maximum atomic E-state index is 9.00. The maximum absolute atomic E-state index is 9.00. The summed E-state index contributed by atoms with van der Waals surface area (Å²) in [7, 11) is 0. The maximum Gasteiger partial charge on any atom is 0.300 e. The van der Waals surface area contributed by atoms with Crippen LogP contribution in [0.3, 0.4) is 0 Å². The van der Waals surface area contributed by atoms with Gasteiger partial charge in [-0.3, -0.25) is 4.79 Å². The summed E-state index contributed by atoms with van der Waals surface area (Å²) in [5.41, 5.74) is 0. The topological polar surface area (TPSA) is 65.0 Å². The Balaban J connectivity index is 0.000000399. The van der Waals surface area contributed by atoms with Gasteiger partial charge in [0.2, 0.25) is 0 Å². The van der Waals surface area contributed by atoms with Gasteiger partial charge in [0, 0.05) is 18.7 Å². The molecule has 0 aromatic rings. The van der Waals surface area contributed by atoms with Crippen LogP contribution < -0.4 is 4.74 Å². The SMILES string of the molecule is CC(=O)O.CCOCCOCCOc1cc2ccc1=2. The van der Waals surface area contributed by atoms with E-state index in [-0.39, 0.29) is 0 Å². The molecule has 1 N–H and O–H groups in total. The van der Waals surface area contributed by atoms with E-state index in [1.165, 1.54) is 10.4 Å². The minimum atomic E-state index is -0.833. The van der Waals surface area contributed by atoms with E-state index in [0.717, 1.165) is 19.3 Å². The molecule has 0 bridgehead atoms. The Morgan fingerprint density at radius 2 is 1.79 bits per heavy atom. The molecule has 5 heteroatoms. The van der Waals surface area contributed by atoms with Crippen LogP contribution in [0, 0.1) is 10.4 Å². The number of aliphatic carboxylic acids is 1. The number of rotatable bonds is 8. The highest BCUT2D eigenvalue weighted by Crippen LogP contribution is 2.23. The Hall–Kier alpha value is -1.59. The van der Waals surface area contributed by atoms with Gasteiger partial charge >= 0.3 is 0 Å². The lowest BCUT2D eigenvalue weighted by Crippen LogP contribution is -2.11. The molecular weight excluding hydrogens is 248 g/mol. The van der Waals surface area contributed by atoms with E-state index in [1.807, 2.05) is 6.92 Å². The molecule has 0 spiro atoms. The quantitative estimate of drug-likeness (QED) is 0.740. The molecule has 0 aromatic carbocycles. The van der Waals surface area contributed by atoms with Crippen LogP contribution in [0.15, 0.2) is 18.2 Å². The van der Waals surface area contributed by atoms with Gasteiger partial charge in [0.25, 0.3) is 5.97 Å². The van der Waals surface area contributed by atoms with Crippen molar-refractivity contribution in [2.45, 2.75) is 13.8 Å². The summed E-state index contributed by atoms with van der Waals surface area (Å²) in [4.78, 5) is 9.00. The lowest BCUT2D eigenvalue weighted by molar-refractivity contribution is -0.134.